The van der Waals surface area contributed by atoms with E-state index in [1.165, 1.54) is 27.7 Å². The highest BCUT2D eigenvalue weighted by Crippen LogP contribution is 2.18. The number of hydrogen-bond donors (Lipinski definition) is 2. The van der Waals surface area contributed by atoms with Crippen molar-refractivity contribution in [3.63, 3.8) is 0 Å². The van der Waals surface area contributed by atoms with E-state index in [0.29, 0.717) is 0 Å². The summed E-state index contributed by atoms with van der Waals surface area (Å²) >= 11 is 0. The van der Waals surface area contributed by atoms with E-state index < -0.39 is 49.5 Å². The summed E-state index contributed by atoms with van der Waals surface area (Å²) in [5, 5.41) is 21.1. The van der Waals surface area contributed by atoms with Crippen molar-refractivity contribution in [3.05, 3.63) is 0 Å². The first-order valence-electron chi connectivity index (χ1n) is 10.1. The van der Waals surface area contributed by atoms with Gasteiger partial charge in [0.25, 0.3) is 0 Å². The zero-order valence-electron chi connectivity index (χ0n) is 20.0. The third kappa shape index (κ3) is 7.73. The van der Waals surface area contributed by atoms with Crippen LogP contribution in [0.25, 0.3) is 0 Å². The van der Waals surface area contributed by atoms with Gasteiger partial charge >= 0.3 is 0 Å². The maximum Gasteiger partial charge on any atom is 0.123 e. The van der Waals surface area contributed by atoms with Crippen molar-refractivity contribution in [2.75, 3.05) is 0 Å². The molecule has 0 saturated carbocycles. The van der Waals surface area contributed by atoms with E-state index in [4.69, 9.17) is 13.7 Å². The van der Waals surface area contributed by atoms with Crippen LogP contribution >= 0.6 is 0 Å². The molecule has 94 valence electrons. The quantitative estimate of drug-likeness (QED) is 0.737. The second kappa shape index (κ2) is 5.70. The molecule has 0 spiro atoms. The summed E-state index contributed by atoms with van der Waals surface area (Å²) in [6.07, 6.45) is -5.60. The summed E-state index contributed by atoms with van der Waals surface area (Å²) in [4.78, 5) is 0. The molecule has 0 radical (unpaired) electrons. The van der Waals surface area contributed by atoms with Crippen molar-refractivity contribution in [3.8, 4) is 11.8 Å². The van der Waals surface area contributed by atoms with Crippen LogP contribution in [0.4, 0.5) is 0 Å². The van der Waals surface area contributed by atoms with E-state index in [2.05, 4.69) is 0 Å². The van der Waals surface area contributed by atoms with E-state index in [9.17, 15) is 10.2 Å². The molecule has 0 aromatic heterocycles. The molecular weight excluding hydrogens is 200 g/mol. The Labute approximate surface area is 114 Å². The maximum atomic E-state index is 10.6. The third-order valence-corrected chi connectivity index (χ3v) is 1.42. The molecule has 16 heavy (non-hydrogen) atoms. The Morgan fingerprint density at radius 3 is 1.50 bits per heavy atom. The first-order chi connectivity index (χ1) is 11.1. The lowest BCUT2D eigenvalue weighted by molar-refractivity contribution is 0.0859. The maximum absolute atomic E-state index is 10.6. The Morgan fingerprint density at radius 2 is 1.31 bits per heavy atom. The average molecular weight is 236 g/mol. The second-order valence-corrected chi connectivity index (χ2v) is 4.27. The second-order valence-electron chi connectivity index (χ2n) is 4.27. The van der Waals surface area contributed by atoms with Crippen LogP contribution in [0.1, 0.15) is 67.9 Å². The van der Waals surface area contributed by atoms with Gasteiger partial charge < -0.3 is 10.2 Å². The molecule has 2 unspecified atom stereocenters. The van der Waals surface area contributed by atoms with Gasteiger partial charge in [0, 0.05) is 13.7 Å². The fraction of sp³-hybridized carbons (Fsp3) is 0.857. The topological polar surface area (TPSA) is 40.5 Å². The first kappa shape index (κ1) is 5.42. The van der Waals surface area contributed by atoms with Gasteiger partial charge in [0.15, 0.2) is 0 Å². The summed E-state index contributed by atoms with van der Waals surface area (Å²) in [7, 11) is 0. The van der Waals surface area contributed by atoms with Gasteiger partial charge in [-0.3, -0.25) is 0 Å². The van der Waals surface area contributed by atoms with E-state index in [-0.39, 0.29) is 0 Å². The molecule has 0 fully saturated rings. The molecular formula is C14H26O2. The molecule has 0 amide bonds. The molecule has 2 atom stereocenters. The molecule has 2 heteroatoms. The number of aliphatic hydroxyl groups is 2. The lowest BCUT2D eigenvalue weighted by Crippen LogP contribution is -2.28. The normalized spacial score (nSPS) is 31.5. The molecule has 2 nitrogen and oxygen atoms in total. The van der Waals surface area contributed by atoms with E-state index >= 15 is 0 Å². The van der Waals surface area contributed by atoms with E-state index in [1.807, 2.05) is 0 Å². The minimum absolute atomic E-state index is 1.02. The van der Waals surface area contributed by atoms with Gasteiger partial charge in [-0.05, 0) is 38.3 Å². The molecule has 0 aliphatic carbocycles. The zero-order chi connectivity index (χ0) is 21.6. The van der Waals surface area contributed by atoms with Crippen LogP contribution in [0.15, 0.2) is 0 Å². The lowest BCUT2D eigenvalue weighted by atomic mass is 9.91. The van der Waals surface area contributed by atoms with Gasteiger partial charge in [0.05, 0.1) is 0 Å². The smallest absolute Gasteiger partial charge is 0.123 e. The first-order valence-corrected chi connectivity index (χ1v) is 5.08. The number of rotatable bonds is 4. The summed E-state index contributed by atoms with van der Waals surface area (Å²) in [5.74, 6) is 1.32. The van der Waals surface area contributed by atoms with E-state index in [0.717, 1.165) is 0 Å². The molecule has 0 aliphatic rings. The Morgan fingerprint density at radius 1 is 1.00 bits per heavy atom. The van der Waals surface area contributed by atoms with Crippen molar-refractivity contribution < 1.29 is 23.9 Å². The molecule has 0 bridgehead atoms. The highest BCUT2D eigenvalue weighted by atomic mass is 16.3. The Kier molecular flexibility index (Phi) is 1.93. The fourth-order valence-electron chi connectivity index (χ4n) is 1.09. The Hall–Kier alpha value is -0.520. The van der Waals surface area contributed by atoms with Crippen LogP contribution in [0.2, 0.25) is 0 Å². The van der Waals surface area contributed by atoms with Crippen LogP contribution in [0, 0.1) is 23.7 Å². The van der Waals surface area contributed by atoms with Gasteiger partial charge in [0.1, 0.15) is 11.2 Å². The minimum Gasteiger partial charge on any atom is -0.378 e. The van der Waals surface area contributed by atoms with Gasteiger partial charge in [-0.2, -0.15) is 0 Å². The third-order valence-electron chi connectivity index (χ3n) is 1.42. The van der Waals surface area contributed by atoms with Gasteiger partial charge in [-0.25, -0.2) is 0 Å². The van der Waals surface area contributed by atoms with Crippen LogP contribution in [-0.2, 0) is 0 Å². The predicted molar refractivity (Wildman–Crippen MR) is 67.9 cm³/mol. The summed E-state index contributed by atoms with van der Waals surface area (Å²) in [6.45, 7) is -1.53. The molecule has 0 aromatic carbocycles. The standard InChI is InChI=1S/C14H26O2/c1-11(2)9-13(5,15)7-8-14(6,16)10-12(3)4/h11-12,15-16H,9-10H2,1-6H3/i5D3,6D3,9D2,10D2. The molecule has 0 heterocycles. The molecule has 0 aliphatic heterocycles. The summed E-state index contributed by atoms with van der Waals surface area (Å²) in [6, 6.07) is 0. The van der Waals surface area contributed by atoms with Crippen molar-refractivity contribution in [1.29, 1.82) is 0 Å². The largest absolute Gasteiger partial charge is 0.378 e. The van der Waals surface area contributed by atoms with Crippen molar-refractivity contribution in [2.24, 2.45) is 11.8 Å². The highest BCUT2D eigenvalue weighted by molar-refractivity contribution is 5.19. The fourth-order valence-corrected chi connectivity index (χ4v) is 1.09. The van der Waals surface area contributed by atoms with Crippen LogP contribution < -0.4 is 0 Å². The van der Waals surface area contributed by atoms with Gasteiger partial charge in [0.2, 0.25) is 0 Å². The lowest BCUT2D eigenvalue weighted by Gasteiger charge is -2.22. The minimum atomic E-state index is -3.38. The monoisotopic (exact) mass is 236 g/mol. The van der Waals surface area contributed by atoms with Crippen LogP contribution in [0.3, 0.4) is 0 Å². The zero-order valence-corrected chi connectivity index (χ0v) is 10.0. The van der Waals surface area contributed by atoms with Crippen LogP contribution in [-0.4, -0.2) is 21.4 Å². The van der Waals surface area contributed by atoms with E-state index in [1.54, 1.807) is 11.8 Å². The molecule has 2 N–H and O–H groups in total. The van der Waals surface area contributed by atoms with Gasteiger partial charge in [-0.1, -0.05) is 39.5 Å². The average Bonchev–Trinajstić information content (AvgIpc) is 2.40. The van der Waals surface area contributed by atoms with Crippen molar-refractivity contribution >= 4 is 0 Å². The molecule has 0 saturated heterocycles. The van der Waals surface area contributed by atoms with Crippen LogP contribution in [0.5, 0.6) is 0 Å². The van der Waals surface area contributed by atoms with Gasteiger partial charge in [-0.15, -0.1) is 0 Å². The molecule has 0 rings (SSSR count). The van der Waals surface area contributed by atoms with Crippen molar-refractivity contribution in [1.82, 2.24) is 0 Å². The predicted octanol–water partition coefficient (Wildman–Crippen LogP) is 2.58. The number of hydrogen-bond acceptors (Lipinski definition) is 2. The summed E-state index contributed by atoms with van der Waals surface area (Å²) in [5.41, 5.74) is -6.64. The Balaban J connectivity index is 6.78. The summed E-state index contributed by atoms with van der Waals surface area (Å²) < 4.78 is 76.5. The Bertz CT molecular complexity index is 519. The SMILES string of the molecule is [2H]C([2H])([2H])C(O)(C#CC(O)(C([2H])([2H])[2H])C([2H])([2H])C(C)C)C([2H])([2H])C(C)C. The highest BCUT2D eigenvalue weighted by Gasteiger charge is 2.22. The van der Waals surface area contributed by atoms with Crippen molar-refractivity contribution in [2.45, 2.75) is 65.3 Å². The molecule has 0 aromatic rings.